The van der Waals surface area contributed by atoms with Gasteiger partial charge in [-0.1, -0.05) is 0 Å². The fourth-order valence-electron chi connectivity index (χ4n) is 3.13. The van der Waals surface area contributed by atoms with Gasteiger partial charge in [-0.05, 0) is 31.9 Å². The molecule has 10 nitrogen and oxygen atoms in total. The number of ether oxygens (including phenoxy) is 2. The molecule has 2 aromatic rings. The number of fused-ring (bicyclic) bond motifs is 2. The van der Waals surface area contributed by atoms with Gasteiger partial charge in [0.25, 0.3) is 10.1 Å². The second-order valence-corrected chi connectivity index (χ2v) is 7.72. The zero-order valence-electron chi connectivity index (χ0n) is 14.3. The number of anilines is 3. The first kappa shape index (κ1) is 17.8. The summed E-state index contributed by atoms with van der Waals surface area (Å²) in [4.78, 5) is 8.21. The zero-order valence-corrected chi connectivity index (χ0v) is 15.2. The predicted molar refractivity (Wildman–Crippen MR) is 95.0 cm³/mol. The van der Waals surface area contributed by atoms with E-state index in [1.807, 2.05) is 0 Å². The van der Waals surface area contributed by atoms with Gasteiger partial charge < -0.3 is 25.2 Å². The Morgan fingerprint density at radius 3 is 2.93 bits per heavy atom. The Kier molecular flexibility index (Phi) is 4.29. The van der Waals surface area contributed by atoms with Gasteiger partial charge in [0, 0.05) is 6.07 Å². The van der Waals surface area contributed by atoms with Crippen molar-refractivity contribution in [2.24, 2.45) is 0 Å². The topological polar surface area (TPSA) is 143 Å². The second-order valence-electron chi connectivity index (χ2n) is 6.33. The average molecular weight is 394 g/mol. The highest BCUT2D eigenvalue weighted by Gasteiger charge is 2.35. The number of nitrogens with one attached hydrogen (secondary N) is 2. The van der Waals surface area contributed by atoms with Crippen molar-refractivity contribution in [3.05, 3.63) is 24.0 Å². The van der Waals surface area contributed by atoms with Crippen molar-refractivity contribution in [1.82, 2.24) is 9.97 Å². The van der Waals surface area contributed by atoms with Crippen LogP contribution in [0.4, 0.5) is 17.3 Å². The van der Waals surface area contributed by atoms with Gasteiger partial charge in [0.05, 0.1) is 18.3 Å². The Hall–Kier alpha value is -2.63. The van der Waals surface area contributed by atoms with Crippen molar-refractivity contribution in [2.45, 2.75) is 37.0 Å². The van der Waals surface area contributed by atoms with E-state index in [-0.39, 0.29) is 29.0 Å². The summed E-state index contributed by atoms with van der Waals surface area (Å²) < 4.78 is 44.2. The standard InChI is InChI=1S/C16H18N4O6S/c1-8-17-14-13(26-16-10(19-14)3-2-6-25-16)15(18-8)20-11-7-9(21)4-5-12(11)27(22,23)24/h4-5,7,10,16,21H,2-3,6H2,1H3,(H,22,23,24)(H2,17,18,19,20). The molecular weight excluding hydrogens is 376 g/mol. The Morgan fingerprint density at radius 2 is 2.15 bits per heavy atom. The number of benzene rings is 1. The van der Waals surface area contributed by atoms with Crippen molar-refractivity contribution >= 4 is 27.4 Å². The maximum atomic E-state index is 11.6. The van der Waals surface area contributed by atoms with Crippen LogP contribution in [0.25, 0.3) is 0 Å². The molecule has 144 valence electrons. The van der Waals surface area contributed by atoms with Gasteiger partial charge in [-0.25, -0.2) is 9.97 Å². The summed E-state index contributed by atoms with van der Waals surface area (Å²) in [6, 6.07) is 3.38. The van der Waals surface area contributed by atoms with E-state index in [1.54, 1.807) is 6.92 Å². The summed E-state index contributed by atoms with van der Waals surface area (Å²) in [6.07, 6.45) is 1.27. The van der Waals surface area contributed by atoms with Crippen LogP contribution in [0.5, 0.6) is 11.5 Å². The Labute approximate surface area is 155 Å². The molecule has 0 bridgehead atoms. The summed E-state index contributed by atoms with van der Waals surface area (Å²) in [6.45, 7) is 2.26. The summed E-state index contributed by atoms with van der Waals surface area (Å²) in [5, 5.41) is 15.8. The molecule has 0 spiro atoms. The molecule has 4 rings (SSSR count). The lowest BCUT2D eigenvalue weighted by molar-refractivity contribution is -0.117. The SMILES string of the molecule is Cc1nc(Nc2cc(O)ccc2S(=O)(=O)O)c2c(n1)NC1CCCOC1O2. The lowest BCUT2D eigenvalue weighted by atomic mass is 10.1. The molecule has 2 unspecified atom stereocenters. The number of rotatable bonds is 3. The first-order chi connectivity index (χ1) is 12.8. The monoisotopic (exact) mass is 394 g/mol. The van der Waals surface area contributed by atoms with Crippen LogP contribution in [0, 0.1) is 6.92 Å². The van der Waals surface area contributed by atoms with Crippen LogP contribution < -0.4 is 15.4 Å². The molecule has 2 aliphatic rings. The summed E-state index contributed by atoms with van der Waals surface area (Å²) in [5.41, 5.74) is -0.0481. The molecular formula is C16H18N4O6S. The number of phenols is 1. The first-order valence-corrected chi connectivity index (χ1v) is 9.76. The molecule has 0 saturated carbocycles. The van der Waals surface area contributed by atoms with Gasteiger partial charge in [-0.3, -0.25) is 4.55 Å². The highest BCUT2D eigenvalue weighted by molar-refractivity contribution is 7.86. The van der Waals surface area contributed by atoms with Crippen LogP contribution in [-0.2, 0) is 14.9 Å². The number of hydrogen-bond donors (Lipinski definition) is 4. The van der Waals surface area contributed by atoms with Crippen LogP contribution in [0.3, 0.4) is 0 Å². The van der Waals surface area contributed by atoms with Gasteiger partial charge in [-0.15, -0.1) is 0 Å². The summed E-state index contributed by atoms with van der Waals surface area (Å²) in [7, 11) is -4.52. The van der Waals surface area contributed by atoms with Gasteiger partial charge in [0.1, 0.15) is 16.5 Å². The minimum absolute atomic E-state index is 0.0393. The molecule has 0 amide bonds. The highest BCUT2D eigenvalue weighted by Crippen LogP contribution is 2.40. The molecule has 0 aliphatic carbocycles. The number of aromatic hydroxyl groups is 1. The number of nitrogens with zero attached hydrogens (tertiary/aromatic N) is 2. The third-order valence-corrected chi connectivity index (χ3v) is 5.21. The third kappa shape index (κ3) is 3.48. The van der Waals surface area contributed by atoms with Crippen molar-refractivity contribution in [3.63, 3.8) is 0 Å². The van der Waals surface area contributed by atoms with E-state index < -0.39 is 21.3 Å². The lowest BCUT2D eigenvalue weighted by Gasteiger charge is -2.37. The van der Waals surface area contributed by atoms with E-state index in [2.05, 4.69) is 20.6 Å². The maximum Gasteiger partial charge on any atom is 0.296 e. The number of phenolic OH excluding ortho intramolecular Hbond substituents is 1. The van der Waals surface area contributed by atoms with Gasteiger partial charge in [0.2, 0.25) is 12.0 Å². The Balaban J connectivity index is 1.76. The smallest absolute Gasteiger partial charge is 0.296 e. The molecule has 0 radical (unpaired) electrons. The molecule has 3 heterocycles. The minimum atomic E-state index is -4.52. The maximum absolute atomic E-state index is 11.6. The molecule has 11 heteroatoms. The zero-order chi connectivity index (χ0) is 19.2. The van der Waals surface area contributed by atoms with E-state index in [4.69, 9.17) is 9.47 Å². The van der Waals surface area contributed by atoms with Crippen LogP contribution in [0.2, 0.25) is 0 Å². The molecule has 2 aliphatic heterocycles. The van der Waals surface area contributed by atoms with E-state index in [9.17, 15) is 18.1 Å². The molecule has 1 saturated heterocycles. The van der Waals surface area contributed by atoms with Crippen LogP contribution >= 0.6 is 0 Å². The number of hydrogen-bond acceptors (Lipinski definition) is 9. The van der Waals surface area contributed by atoms with Crippen molar-refractivity contribution in [1.29, 1.82) is 0 Å². The van der Waals surface area contributed by atoms with Crippen LogP contribution in [0.1, 0.15) is 18.7 Å². The largest absolute Gasteiger partial charge is 0.508 e. The Morgan fingerprint density at radius 1 is 1.33 bits per heavy atom. The molecule has 1 aromatic heterocycles. The van der Waals surface area contributed by atoms with Crippen molar-refractivity contribution < 1.29 is 27.6 Å². The molecule has 1 fully saturated rings. The van der Waals surface area contributed by atoms with Gasteiger partial charge in [-0.2, -0.15) is 8.42 Å². The average Bonchev–Trinajstić information content (AvgIpc) is 2.59. The molecule has 27 heavy (non-hydrogen) atoms. The number of aromatic nitrogens is 2. The third-order valence-electron chi connectivity index (χ3n) is 4.30. The van der Waals surface area contributed by atoms with E-state index in [0.29, 0.717) is 18.2 Å². The minimum Gasteiger partial charge on any atom is -0.508 e. The van der Waals surface area contributed by atoms with E-state index >= 15 is 0 Å². The summed E-state index contributed by atoms with van der Waals surface area (Å²) >= 11 is 0. The van der Waals surface area contributed by atoms with E-state index in [1.165, 1.54) is 6.07 Å². The number of aryl methyl sites for hydroxylation is 1. The predicted octanol–water partition coefficient (Wildman–Crippen LogP) is 1.79. The fourth-order valence-corrected chi connectivity index (χ4v) is 3.76. The molecule has 1 aromatic carbocycles. The quantitative estimate of drug-likeness (QED) is 0.569. The Bertz CT molecular complexity index is 997. The fraction of sp³-hybridized carbons (Fsp3) is 0.375. The van der Waals surface area contributed by atoms with Crippen molar-refractivity contribution in [3.8, 4) is 11.5 Å². The highest BCUT2D eigenvalue weighted by atomic mass is 32.2. The van der Waals surface area contributed by atoms with Crippen LogP contribution in [-0.4, -0.2) is 47.0 Å². The first-order valence-electron chi connectivity index (χ1n) is 8.32. The van der Waals surface area contributed by atoms with Crippen LogP contribution in [0.15, 0.2) is 23.1 Å². The molecule has 4 N–H and O–H groups in total. The van der Waals surface area contributed by atoms with Crippen molar-refractivity contribution in [2.75, 3.05) is 17.2 Å². The van der Waals surface area contributed by atoms with Gasteiger partial charge >= 0.3 is 0 Å². The lowest BCUT2D eigenvalue weighted by Crippen LogP contribution is -2.46. The normalized spacial score (nSPS) is 21.4. The molecule has 2 atom stereocenters. The van der Waals surface area contributed by atoms with E-state index in [0.717, 1.165) is 25.0 Å². The second kappa shape index (κ2) is 6.51. The van der Waals surface area contributed by atoms with Gasteiger partial charge in [0.15, 0.2) is 11.6 Å². The summed E-state index contributed by atoms with van der Waals surface area (Å²) in [5.74, 6) is 1.17.